The van der Waals surface area contributed by atoms with E-state index in [1.54, 1.807) is 0 Å². The Hall–Kier alpha value is -0.0400. The first-order valence-electron chi connectivity index (χ1n) is 4.43. The Morgan fingerprint density at radius 3 is 2.30 bits per heavy atom. The van der Waals surface area contributed by atoms with Crippen LogP contribution in [-0.4, -0.2) is 11.7 Å². The molecule has 1 N–H and O–H groups in total. The number of rotatable bonds is 2. The van der Waals surface area contributed by atoms with Crippen LogP contribution < -0.4 is 0 Å². The van der Waals surface area contributed by atoms with Crippen molar-refractivity contribution in [2.75, 3.05) is 6.61 Å². The zero-order valence-electron chi connectivity index (χ0n) is 6.84. The van der Waals surface area contributed by atoms with Crippen LogP contribution in [-0.2, 0) is 0 Å². The fraction of sp³-hybridized carbons (Fsp3) is 1.00. The van der Waals surface area contributed by atoms with Crippen LogP contribution in [0.5, 0.6) is 0 Å². The van der Waals surface area contributed by atoms with Gasteiger partial charge in [-0.15, -0.1) is 0 Å². The molecular weight excluding hydrogens is 124 g/mol. The van der Waals surface area contributed by atoms with Gasteiger partial charge in [0.25, 0.3) is 0 Å². The number of hydrogen-bond acceptors (Lipinski definition) is 1. The molecule has 10 heavy (non-hydrogen) atoms. The summed E-state index contributed by atoms with van der Waals surface area (Å²) in [5, 5.41) is 8.68. The van der Waals surface area contributed by atoms with E-state index in [-0.39, 0.29) is 0 Å². The van der Waals surface area contributed by atoms with Gasteiger partial charge in [0, 0.05) is 6.61 Å². The fourth-order valence-corrected chi connectivity index (χ4v) is 1.80. The molecule has 1 rings (SSSR count). The maximum Gasteiger partial charge on any atom is 0.0433 e. The zero-order valence-corrected chi connectivity index (χ0v) is 6.84. The van der Waals surface area contributed by atoms with Crippen molar-refractivity contribution in [2.45, 2.75) is 39.0 Å². The molecule has 1 aliphatic rings. The van der Waals surface area contributed by atoms with Crippen LogP contribution >= 0.6 is 0 Å². The van der Waals surface area contributed by atoms with Gasteiger partial charge in [-0.2, -0.15) is 0 Å². The highest BCUT2D eigenvalue weighted by atomic mass is 16.3. The molecule has 0 aliphatic heterocycles. The Kier molecular flexibility index (Phi) is 3.20. The Morgan fingerprint density at radius 2 is 1.80 bits per heavy atom. The van der Waals surface area contributed by atoms with Gasteiger partial charge in [0.2, 0.25) is 0 Å². The van der Waals surface area contributed by atoms with Crippen LogP contribution in [0, 0.1) is 11.8 Å². The van der Waals surface area contributed by atoms with Crippen LogP contribution in [0.4, 0.5) is 0 Å². The van der Waals surface area contributed by atoms with E-state index < -0.39 is 0 Å². The maximum atomic E-state index is 8.68. The van der Waals surface area contributed by atoms with Gasteiger partial charge in [-0.05, 0) is 18.3 Å². The minimum Gasteiger partial charge on any atom is -0.396 e. The largest absolute Gasteiger partial charge is 0.396 e. The predicted octanol–water partition coefficient (Wildman–Crippen LogP) is 2.20. The van der Waals surface area contributed by atoms with E-state index in [9.17, 15) is 0 Å². The first kappa shape index (κ1) is 8.06. The lowest BCUT2D eigenvalue weighted by molar-refractivity contribution is 0.211. The summed E-state index contributed by atoms with van der Waals surface area (Å²) < 4.78 is 0. The predicted molar refractivity (Wildman–Crippen MR) is 42.8 cm³/mol. The highest BCUT2D eigenvalue weighted by Crippen LogP contribution is 2.29. The summed E-state index contributed by atoms with van der Waals surface area (Å²) in [5.74, 6) is 1.77. The minimum atomic E-state index is 0.388. The number of aliphatic hydroxyl groups is 1. The molecule has 0 aromatic carbocycles. The first-order chi connectivity index (χ1) is 4.83. The monoisotopic (exact) mass is 142 g/mol. The Morgan fingerprint density at radius 1 is 1.20 bits per heavy atom. The second-order valence-corrected chi connectivity index (χ2v) is 3.64. The van der Waals surface area contributed by atoms with Crippen molar-refractivity contribution in [3.8, 4) is 0 Å². The van der Waals surface area contributed by atoms with E-state index in [0.717, 1.165) is 18.3 Å². The van der Waals surface area contributed by atoms with E-state index in [1.165, 1.54) is 25.7 Å². The van der Waals surface area contributed by atoms with E-state index in [1.807, 2.05) is 0 Å². The third-order valence-electron chi connectivity index (χ3n) is 2.67. The van der Waals surface area contributed by atoms with Crippen LogP contribution in [0.25, 0.3) is 0 Å². The van der Waals surface area contributed by atoms with Crippen molar-refractivity contribution < 1.29 is 5.11 Å². The molecule has 0 amide bonds. The summed E-state index contributed by atoms with van der Waals surface area (Å²) in [4.78, 5) is 0. The molecule has 1 fully saturated rings. The molecule has 1 heteroatoms. The van der Waals surface area contributed by atoms with Gasteiger partial charge in [-0.3, -0.25) is 0 Å². The number of hydrogen-bond donors (Lipinski definition) is 1. The second kappa shape index (κ2) is 3.97. The fourth-order valence-electron chi connectivity index (χ4n) is 1.80. The maximum absolute atomic E-state index is 8.68. The van der Waals surface area contributed by atoms with Crippen molar-refractivity contribution in [2.24, 2.45) is 11.8 Å². The van der Waals surface area contributed by atoms with Crippen LogP contribution in [0.2, 0.25) is 0 Å². The summed E-state index contributed by atoms with van der Waals surface area (Å²) in [6, 6.07) is 0. The lowest BCUT2D eigenvalue weighted by atomic mass is 9.82. The highest BCUT2D eigenvalue weighted by Gasteiger charge is 2.16. The summed E-state index contributed by atoms with van der Waals surface area (Å²) in [6.45, 7) is 2.72. The first-order valence-corrected chi connectivity index (χ1v) is 4.43. The third-order valence-corrected chi connectivity index (χ3v) is 2.67. The van der Waals surface area contributed by atoms with E-state index in [2.05, 4.69) is 6.92 Å². The van der Waals surface area contributed by atoms with Crippen LogP contribution in [0.1, 0.15) is 39.0 Å². The number of aliphatic hydroxyl groups excluding tert-OH is 1. The van der Waals surface area contributed by atoms with E-state index in [0.29, 0.717) is 6.61 Å². The van der Waals surface area contributed by atoms with Gasteiger partial charge in [-0.25, -0.2) is 0 Å². The second-order valence-electron chi connectivity index (χ2n) is 3.64. The molecule has 1 aliphatic carbocycles. The summed E-state index contributed by atoms with van der Waals surface area (Å²) >= 11 is 0. The van der Waals surface area contributed by atoms with Crippen molar-refractivity contribution in [1.29, 1.82) is 0 Å². The van der Waals surface area contributed by atoms with Crippen LogP contribution in [0.3, 0.4) is 0 Å². The van der Waals surface area contributed by atoms with Crippen molar-refractivity contribution in [3.63, 3.8) is 0 Å². The topological polar surface area (TPSA) is 20.2 Å². The Labute approximate surface area is 63.4 Å². The smallest absolute Gasteiger partial charge is 0.0433 e. The SMILES string of the molecule is C[C@H]1CC[C@H](CCO)CC1. The molecule has 0 aromatic rings. The summed E-state index contributed by atoms with van der Waals surface area (Å²) in [6.07, 6.45) is 6.49. The van der Waals surface area contributed by atoms with Crippen molar-refractivity contribution >= 4 is 0 Å². The van der Waals surface area contributed by atoms with E-state index >= 15 is 0 Å². The molecule has 1 saturated carbocycles. The minimum absolute atomic E-state index is 0.388. The highest BCUT2D eigenvalue weighted by molar-refractivity contribution is 4.69. The average Bonchev–Trinajstić information content (AvgIpc) is 1.95. The molecule has 0 aromatic heterocycles. The Balaban J connectivity index is 2.13. The zero-order chi connectivity index (χ0) is 7.40. The molecule has 0 radical (unpaired) electrons. The van der Waals surface area contributed by atoms with Gasteiger partial charge in [0.15, 0.2) is 0 Å². The molecule has 0 spiro atoms. The molecule has 60 valence electrons. The molecule has 0 atom stereocenters. The van der Waals surface area contributed by atoms with E-state index in [4.69, 9.17) is 5.11 Å². The Bertz CT molecular complexity index is 82.7. The standard InChI is InChI=1S/C9H18O/c1-8-2-4-9(5-3-8)6-7-10/h8-10H,2-7H2,1H3/t8-,9-. The molecule has 0 saturated heterocycles. The lowest BCUT2D eigenvalue weighted by Gasteiger charge is -2.25. The van der Waals surface area contributed by atoms with Crippen LogP contribution in [0.15, 0.2) is 0 Å². The summed E-state index contributed by atoms with van der Waals surface area (Å²) in [5.41, 5.74) is 0. The molecular formula is C9H18O. The molecule has 0 unspecified atom stereocenters. The molecule has 0 bridgehead atoms. The average molecular weight is 142 g/mol. The summed E-state index contributed by atoms with van der Waals surface area (Å²) in [7, 11) is 0. The van der Waals surface area contributed by atoms with Crippen molar-refractivity contribution in [3.05, 3.63) is 0 Å². The molecule has 1 nitrogen and oxygen atoms in total. The lowest BCUT2D eigenvalue weighted by Crippen LogP contribution is -2.13. The van der Waals surface area contributed by atoms with Crippen molar-refractivity contribution in [1.82, 2.24) is 0 Å². The quantitative estimate of drug-likeness (QED) is 0.626. The van der Waals surface area contributed by atoms with Gasteiger partial charge in [0.1, 0.15) is 0 Å². The molecule has 0 heterocycles. The third kappa shape index (κ3) is 2.30. The van der Waals surface area contributed by atoms with Gasteiger partial charge in [0.05, 0.1) is 0 Å². The van der Waals surface area contributed by atoms with Gasteiger partial charge >= 0.3 is 0 Å². The normalized spacial score (nSPS) is 34.2. The van der Waals surface area contributed by atoms with Gasteiger partial charge < -0.3 is 5.11 Å². The van der Waals surface area contributed by atoms with Gasteiger partial charge in [-0.1, -0.05) is 32.6 Å².